The van der Waals surface area contributed by atoms with Gasteiger partial charge in [-0.2, -0.15) is 0 Å². The number of nitrogens with zero attached hydrogens (tertiary/aromatic N) is 1. The zero-order chi connectivity index (χ0) is 11.5. The molecule has 1 atom stereocenters. The lowest BCUT2D eigenvalue weighted by Gasteiger charge is -2.17. The Morgan fingerprint density at radius 1 is 1.31 bits per heavy atom. The van der Waals surface area contributed by atoms with Crippen molar-refractivity contribution in [2.24, 2.45) is 0 Å². The molecule has 1 saturated heterocycles. The topological polar surface area (TPSA) is 61.6 Å². The number of ether oxygens (including phenoxy) is 2. The van der Waals surface area contributed by atoms with Crippen molar-refractivity contribution in [3.05, 3.63) is 39.9 Å². The second-order valence-corrected chi connectivity index (χ2v) is 3.75. The van der Waals surface area contributed by atoms with Crippen LogP contribution in [0.1, 0.15) is 18.4 Å². The highest BCUT2D eigenvalue weighted by Gasteiger charge is 2.24. The summed E-state index contributed by atoms with van der Waals surface area (Å²) >= 11 is 0. The van der Waals surface area contributed by atoms with Crippen molar-refractivity contribution in [1.82, 2.24) is 0 Å². The third-order valence-electron chi connectivity index (χ3n) is 2.69. The van der Waals surface area contributed by atoms with E-state index in [0.717, 1.165) is 5.56 Å². The predicted octanol–water partition coefficient (Wildman–Crippen LogP) is 2.07. The molecule has 0 N–H and O–H groups in total. The van der Waals surface area contributed by atoms with Crippen LogP contribution in [0.2, 0.25) is 0 Å². The number of non-ortho nitro benzene ring substituents is 1. The van der Waals surface area contributed by atoms with Gasteiger partial charge in [0.2, 0.25) is 0 Å². The van der Waals surface area contributed by atoms with E-state index in [-0.39, 0.29) is 17.9 Å². The van der Waals surface area contributed by atoms with Gasteiger partial charge >= 0.3 is 0 Å². The maximum Gasteiger partial charge on any atom is 0.269 e. The molecule has 0 aliphatic carbocycles. The molecule has 1 aliphatic rings. The molecule has 86 valence electrons. The molecule has 1 unspecified atom stereocenters. The van der Waals surface area contributed by atoms with Crippen LogP contribution in [-0.2, 0) is 9.47 Å². The molecule has 1 aromatic rings. The van der Waals surface area contributed by atoms with Gasteiger partial charge in [-0.1, -0.05) is 19.1 Å². The standard InChI is InChI=1S/C11H13NO4/c1-8(11-15-6-7-16-11)9-2-4-10(5-3-9)12(13)14/h2-5,8,11H,6-7H2,1H3. The first-order valence-corrected chi connectivity index (χ1v) is 5.16. The lowest BCUT2D eigenvalue weighted by Crippen LogP contribution is -2.16. The van der Waals surface area contributed by atoms with Crippen molar-refractivity contribution in [2.45, 2.75) is 19.1 Å². The van der Waals surface area contributed by atoms with E-state index in [9.17, 15) is 10.1 Å². The van der Waals surface area contributed by atoms with Gasteiger partial charge in [-0.15, -0.1) is 0 Å². The number of rotatable bonds is 3. The zero-order valence-electron chi connectivity index (χ0n) is 8.96. The van der Waals surface area contributed by atoms with E-state index in [4.69, 9.17) is 9.47 Å². The largest absolute Gasteiger partial charge is 0.350 e. The van der Waals surface area contributed by atoms with Crippen LogP contribution in [0.25, 0.3) is 0 Å². The second-order valence-electron chi connectivity index (χ2n) is 3.75. The Bertz CT molecular complexity index is 370. The molecule has 0 amide bonds. The highest BCUT2D eigenvalue weighted by molar-refractivity contribution is 5.34. The smallest absolute Gasteiger partial charge is 0.269 e. The summed E-state index contributed by atoms with van der Waals surface area (Å²) in [5.41, 5.74) is 1.08. The first kappa shape index (κ1) is 11.0. The summed E-state index contributed by atoms with van der Waals surface area (Å²) in [7, 11) is 0. The molecule has 0 aromatic heterocycles. The fraction of sp³-hybridized carbons (Fsp3) is 0.455. The molecule has 5 heteroatoms. The van der Waals surface area contributed by atoms with E-state index in [1.165, 1.54) is 12.1 Å². The first-order valence-electron chi connectivity index (χ1n) is 5.16. The summed E-state index contributed by atoms with van der Waals surface area (Å²) in [5, 5.41) is 10.5. The lowest BCUT2D eigenvalue weighted by atomic mass is 10.0. The van der Waals surface area contributed by atoms with E-state index >= 15 is 0 Å². The SMILES string of the molecule is CC(c1ccc([N+](=O)[O-])cc1)C1OCCO1. The van der Waals surface area contributed by atoms with Gasteiger partial charge in [-0.3, -0.25) is 10.1 Å². The molecule has 1 aromatic carbocycles. The summed E-state index contributed by atoms with van der Waals surface area (Å²) in [6.07, 6.45) is -0.235. The quantitative estimate of drug-likeness (QED) is 0.581. The first-order chi connectivity index (χ1) is 7.68. The van der Waals surface area contributed by atoms with E-state index < -0.39 is 4.92 Å². The van der Waals surface area contributed by atoms with Gasteiger partial charge in [-0.05, 0) is 5.56 Å². The fourth-order valence-corrected chi connectivity index (χ4v) is 1.72. The Balaban J connectivity index is 2.11. The number of benzene rings is 1. The molecule has 1 aliphatic heterocycles. The summed E-state index contributed by atoms with van der Waals surface area (Å²) in [6.45, 7) is 3.21. The molecule has 0 spiro atoms. The molecule has 1 fully saturated rings. The van der Waals surface area contributed by atoms with Crippen molar-refractivity contribution in [1.29, 1.82) is 0 Å². The van der Waals surface area contributed by atoms with Crippen LogP contribution in [0.4, 0.5) is 5.69 Å². The normalized spacial score (nSPS) is 18.6. The van der Waals surface area contributed by atoms with E-state index in [1.54, 1.807) is 12.1 Å². The van der Waals surface area contributed by atoms with Gasteiger partial charge in [0.1, 0.15) is 0 Å². The Morgan fingerprint density at radius 2 is 1.88 bits per heavy atom. The highest BCUT2D eigenvalue weighted by atomic mass is 16.7. The van der Waals surface area contributed by atoms with Gasteiger partial charge in [0.15, 0.2) is 6.29 Å². The summed E-state index contributed by atoms with van der Waals surface area (Å²) < 4.78 is 10.8. The summed E-state index contributed by atoms with van der Waals surface area (Å²) in [5.74, 6) is 0.0864. The van der Waals surface area contributed by atoms with Crippen LogP contribution in [-0.4, -0.2) is 24.4 Å². The number of nitro groups is 1. The van der Waals surface area contributed by atoms with Crippen LogP contribution in [0, 0.1) is 10.1 Å². The van der Waals surface area contributed by atoms with Gasteiger partial charge in [0.25, 0.3) is 5.69 Å². The van der Waals surface area contributed by atoms with Crippen LogP contribution in [0.15, 0.2) is 24.3 Å². The van der Waals surface area contributed by atoms with E-state index in [2.05, 4.69) is 0 Å². The van der Waals surface area contributed by atoms with E-state index in [1.807, 2.05) is 6.92 Å². The highest BCUT2D eigenvalue weighted by Crippen LogP contribution is 2.26. The van der Waals surface area contributed by atoms with Crippen molar-refractivity contribution in [3.8, 4) is 0 Å². The van der Waals surface area contributed by atoms with Gasteiger partial charge < -0.3 is 9.47 Å². The third kappa shape index (κ3) is 2.20. The number of hydrogen-bond acceptors (Lipinski definition) is 4. The van der Waals surface area contributed by atoms with Crippen LogP contribution >= 0.6 is 0 Å². The lowest BCUT2D eigenvalue weighted by molar-refractivity contribution is -0.384. The molecule has 1 heterocycles. The molecular weight excluding hydrogens is 210 g/mol. The Hall–Kier alpha value is -1.46. The van der Waals surface area contributed by atoms with Crippen molar-refractivity contribution in [3.63, 3.8) is 0 Å². The number of hydrogen-bond donors (Lipinski definition) is 0. The average molecular weight is 223 g/mol. The van der Waals surface area contributed by atoms with Crippen LogP contribution < -0.4 is 0 Å². The van der Waals surface area contributed by atoms with Gasteiger partial charge in [-0.25, -0.2) is 0 Å². The van der Waals surface area contributed by atoms with Crippen molar-refractivity contribution < 1.29 is 14.4 Å². The van der Waals surface area contributed by atoms with Crippen molar-refractivity contribution in [2.75, 3.05) is 13.2 Å². The Labute approximate surface area is 93.1 Å². The summed E-state index contributed by atoms with van der Waals surface area (Å²) in [6, 6.07) is 6.49. The zero-order valence-corrected chi connectivity index (χ0v) is 8.96. The Kier molecular flexibility index (Phi) is 3.17. The summed E-state index contributed by atoms with van der Waals surface area (Å²) in [4.78, 5) is 10.1. The molecule has 0 saturated carbocycles. The average Bonchev–Trinajstić information content (AvgIpc) is 2.81. The second kappa shape index (κ2) is 4.59. The minimum absolute atomic E-state index is 0.0864. The molecule has 16 heavy (non-hydrogen) atoms. The number of nitro benzene ring substituents is 1. The monoisotopic (exact) mass is 223 g/mol. The molecule has 0 radical (unpaired) electrons. The van der Waals surface area contributed by atoms with Crippen LogP contribution in [0.5, 0.6) is 0 Å². The molecule has 2 rings (SSSR count). The maximum atomic E-state index is 10.5. The molecule has 5 nitrogen and oxygen atoms in total. The predicted molar refractivity (Wildman–Crippen MR) is 57.2 cm³/mol. The minimum Gasteiger partial charge on any atom is -0.350 e. The van der Waals surface area contributed by atoms with Gasteiger partial charge in [0.05, 0.1) is 18.1 Å². The minimum atomic E-state index is -0.406. The molecular formula is C11H13NO4. The fourth-order valence-electron chi connectivity index (χ4n) is 1.72. The van der Waals surface area contributed by atoms with Crippen molar-refractivity contribution >= 4 is 5.69 Å². The molecule has 0 bridgehead atoms. The Morgan fingerprint density at radius 3 is 2.38 bits per heavy atom. The third-order valence-corrected chi connectivity index (χ3v) is 2.69. The van der Waals surface area contributed by atoms with Gasteiger partial charge in [0, 0.05) is 18.1 Å². The maximum absolute atomic E-state index is 10.5. The van der Waals surface area contributed by atoms with E-state index in [0.29, 0.717) is 13.2 Å². The van der Waals surface area contributed by atoms with Crippen LogP contribution in [0.3, 0.4) is 0 Å².